The normalized spacial score (nSPS) is 14.7. The van der Waals surface area contributed by atoms with Crippen LogP contribution in [-0.4, -0.2) is 53.6 Å². The van der Waals surface area contributed by atoms with Gasteiger partial charge >= 0.3 is 0 Å². The van der Waals surface area contributed by atoms with E-state index in [9.17, 15) is 4.79 Å². The molecule has 1 aromatic heterocycles. The van der Waals surface area contributed by atoms with E-state index in [1.807, 2.05) is 29.2 Å². The molecule has 7 heteroatoms. The maximum Gasteiger partial charge on any atom is 0.260 e. The van der Waals surface area contributed by atoms with E-state index < -0.39 is 0 Å². The first-order chi connectivity index (χ1) is 11.2. The molecule has 0 atom stereocenters. The van der Waals surface area contributed by atoms with E-state index in [0.717, 1.165) is 28.4 Å². The zero-order valence-corrected chi connectivity index (χ0v) is 14.7. The van der Waals surface area contributed by atoms with Crippen LogP contribution in [0, 0.1) is 3.57 Å². The fourth-order valence-corrected chi connectivity index (χ4v) is 2.92. The second-order valence-corrected chi connectivity index (χ2v) is 6.41. The molecule has 3 rings (SSSR count). The lowest BCUT2D eigenvalue weighted by molar-refractivity contribution is -0.133. The molecule has 2 heterocycles. The van der Waals surface area contributed by atoms with E-state index in [1.54, 1.807) is 18.5 Å². The quantitative estimate of drug-likeness (QED) is 0.701. The van der Waals surface area contributed by atoms with Crippen LogP contribution < -0.4 is 9.64 Å². The van der Waals surface area contributed by atoms with Crippen molar-refractivity contribution in [2.45, 2.75) is 0 Å². The molecular formula is C16H17IN4O2. The van der Waals surface area contributed by atoms with Crippen molar-refractivity contribution in [1.82, 2.24) is 14.9 Å². The molecule has 1 aliphatic rings. The Kier molecular flexibility index (Phi) is 5.27. The molecule has 0 unspecified atom stereocenters. The summed E-state index contributed by atoms with van der Waals surface area (Å²) in [5.74, 6) is 1.45. The molecule has 0 N–H and O–H groups in total. The fraction of sp³-hybridized carbons (Fsp3) is 0.312. The van der Waals surface area contributed by atoms with Gasteiger partial charge in [-0.05, 0) is 46.9 Å². The fourth-order valence-electron chi connectivity index (χ4n) is 2.40. The van der Waals surface area contributed by atoms with Gasteiger partial charge in [0, 0.05) is 42.1 Å². The smallest absolute Gasteiger partial charge is 0.260 e. The van der Waals surface area contributed by atoms with Gasteiger partial charge in [-0.15, -0.1) is 0 Å². The molecule has 1 saturated heterocycles. The van der Waals surface area contributed by atoms with E-state index in [1.165, 1.54) is 0 Å². The minimum Gasteiger partial charge on any atom is -0.484 e. The van der Waals surface area contributed by atoms with Crippen LogP contribution in [0.2, 0.25) is 0 Å². The Morgan fingerprint density at radius 3 is 2.57 bits per heavy atom. The van der Waals surface area contributed by atoms with Crippen molar-refractivity contribution in [3.8, 4) is 5.75 Å². The Labute approximate surface area is 148 Å². The van der Waals surface area contributed by atoms with Gasteiger partial charge in [0.25, 0.3) is 5.91 Å². The zero-order valence-electron chi connectivity index (χ0n) is 12.6. The van der Waals surface area contributed by atoms with Gasteiger partial charge in [-0.25, -0.2) is 9.97 Å². The number of nitrogens with zero attached hydrogens (tertiary/aromatic N) is 4. The van der Waals surface area contributed by atoms with Crippen LogP contribution in [-0.2, 0) is 4.79 Å². The first-order valence-electron chi connectivity index (χ1n) is 7.40. The van der Waals surface area contributed by atoms with Gasteiger partial charge in [0.05, 0.1) is 0 Å². The van der Waals surface area contributed by atoms with Gasteiger partial charge in [-0.2, -0.15) is 0 Å². The number of amides is 1. The third-order valence-electron chi connectivity index (χ3n) is 3.63. The van der Waals surface area contributed by atoms with Crippen molar-refractivity contribution in [2.75, 3.05) is 37.7 Å². The Balaban J connectivity index is 1.48. The topological polar surface area (TPSA) is 58.6 Å². The van der Waals surface area contributed by atoms with Crippen molar-refractivity contribution in [1.29, 1.82) is 0 Å². The molecule has 1 aromatic carbocycles. The molecule has 0 aliphatic carbocycles. The van der Waals surface area contributed by atoms with Crippen LogP contribution in [0.15, 0.2) is 42.7 Å². The van der Waals surface area contributed by atoms with Crippen LogP contribution in [0.25, 0.3) is 0 Å². The monoisotopic (exact) mass is 424 g/mol. The third kappa shape index (κ3) is 4.31. The van der Waals surface area contributed by atoms with Crippen LogP contribution in [0.4, 0.5) is 5.95 Å². The lowest BCUT2D eigenvalue weighted by Crippen LogP contribution is -2.50. The highest BCUT2D eigenvalue weighted by molar-refractivity contribution is 14.1. The molecule has 1 aliphatic heterocycles. The number of anilines is 1. The summed E-state index contributed by atoms with van der Waals surface area (Å²) < 4.78 is 6.67. The largest absolute Gasteiger partial charge is 0.484 e. The summed E-state index contributed by atoms with van der Waals surface area (Å²) in [6, 6.07) is 9.48. The number of aromatic nitrogens is 2. The van der Waals surface area contributed by atoms with Crippen molar-refractivity contribution < 1.29 is 9.53 Å². The van der Waals surface area contributed by atoms with E-state index in [-0.39, 0.29) is 12.5 Å². The lowest BCUT2D eigenvalue weighted by Gasteiger charge is -2.34. The van der Waals surface area contributed by atoms with Gasteiger partial charge in [-0.3, -0.25) is 4.79 Å². The average molecular weight is 424 g/mol. The van der Waals surface area contributed by atoms with Crippen molar-refractivity contribution >= 4 is 34.4 Å². The summed E-state index contributed by atoms with van der Waals surface area (Å²) in [6.45, 7) is 2.86. The molecule has 0 radical (unpaired) electrons. The number of carbonyl (C=O) groups is 1. The average Bonchev–Trinajstić information content (AvgIpc) is 2.61. The van der Waals surface area contributed by atoms with Crippen molar-refractivity contribution in [3.63, 3.8) is 0 Å². The molecule has 0 spiro atoms. The van der Waals surface area contributed by atoms with E-state index in [2.05, 4.69) is 37.5 Å². The highest BCUT2D eigenvalue weighted by Gasteiger charge is 2.22. The maximum atomic E-state index is 12.2. The highest BCUT2D eigenvalue weighted by Crippen LogP contribution is 2.15. The van der Waals surface area contributed by atoms with E-state index >= 15 is 0 Å². The first kappa shape index (κ1) is 16.0. The minimum absolute atomic E-state index is 0.0116. The zero-order chi connectivity index (χ0) is 16.1. The van der Waals surface area contributed by atoms with Gasteiger partial charge < -0.3 is 14.5 Å². The van der Waals surface area contributed by atoms with Crippen molar-refractivity contribution in [2.24, 2.45) is 0 Å². The predicted molar refractivity (Wildman–Crippen MR) is 95.5 cm³/mol. The maximum absolute atomic E-state index is 12.2. The van der Waals surface area contributed by atoms with Crippen LogP contribution in [0.1, 0.15) is 0 Å². The Hall–Kier alpha value is -1.90. The van der Waals surface area contributed by atoms with Crippen LogP contribution in [0.3, 0.4) is 0 Å². The SMILES string of the molecule is O=C(COc1cccc(I)c1)N1CCN(c2ncccn2)CC1. The summed E-state index contributed by atoms with van der Waals surface area (Å²) in [4.78, 5) is 24.6. The second-order valence-electron chi connectivity index (χ2n) is 5.16. The minimum atomic E-state index is 0.0116. The van der Waals surface area contributed by atoms with Gasteiger partial charge in [-0.1, -0.05) is 6.07 Å². The molecule has 0 saturated carbocycles. The van der Waals surface area contributed by atoms with Crippen LogP contribution >= 0.6 is 22.6 Å². The summed E-state index contributed by atoms with van der Waals surface area (Å²) in [5, 5.41) is 0. The summed E-state index contributed by atoms with van der Waals surface area (Å²) >= 11 is 2.22. The number of hydrogen-bond acceptors (Lipinski definition) is 5. The predicted octanol–water partition coefficient (Wildman–Crippen LogP) is 1.81. The number of hydrogen-bond donors (Lipinski definition) is 0. The van der Waals surface area contributed by atoms with Gasteiger partial charge in [0.15, 0.2) is 6.61 Å². The Morgan fingerprint density at radius 1 is 1.13 bits per heavy atom. The van der Waals surface area contributed by atoms with Gasteiger partial charge in [0.1, 0.15) is 5.75 Å². The van der Waals surface area contributed by atoms with E-state index in [0.29, 0.717) is 13.1 Å². The molecule has 1 fully saturated rings. The number of benzene rings is 1. The number of carbonyl (C=O) groups excluding carboxylic acids is 1. The molecule has 120 valence electrons. The molecule has 1 amide bonds. The van der Waals surface area contributed by atoms with Gasteiger partial charge in [0.2, 0.25) is 5.95 Å². The second kappa shape index (κ2) is 7.58. The number of piperazine rings is 1. The summed E-state index contributed by atoms with van der Waals surface area (Å²) in [7, 11) is 0. The van der Waals surface area contributed by atoms with Crippen LogP contribution in [0.5, 0.6) is 5.75 Å². The standard InChI is InChI=1S/C16H17IN4O2/c17-13-3-1-4-14(11-13)23-12-15(22)20-7-9-21(10-8-20)16-18-5-2-6-19-16/h1-6,11H,7-10,12H2. The number of ether oxygens (including phenoxy) is 1. The molecular weight excluding hydrogens is 407 g/mol. The highest BCUT2D eigenvalue weighted by atomic mass is 127. The number of halogens is 1. The van der Waals surface area contributed by atoms with Crippen molar-refractivity contribution in [3.05, 3.63) is 46.3 Å². The number of rotatable bonds is 4. The lowest BCUT2D eigenvalue weighted by atomic mass is 10.3. The molecule has 6 nitrogen and oxygen atoms in total. The Morgan fingerprint density at radius 2 is 1.87 bits per heavy atom. The Bertz CT molecular complexity index is 660. The first-order valence-corrected chi connectivity index (χ1v) is 8.48. The molecule has 2 aromatic rings. The molecule has 23 heavy (non-hydrogen) atoms. The summed E-state index contributed by atoms with van der Waals surface area (Å²) in [5.41, 5.74) is 0. The van der Waals surface area contributed by atoms with E-state index in [4.69, 9.17) is 4.74 Å². The third-order valence-corrected chi connectivity index (χ3v) is 4.30. The molecule has 0 bridgehead atoms. The summed E-state index contributed by atoms with van der Waals surface area (Å²) in [6.07, 6.45) is 3.46.